The largest absolute Gasteiger partial charge is 0.763 e. The first-order valence-corrected chi connectivity index (χ1v) is 5.48. The lowest BCUT2D eigenvalue weighted by Crippen LogP contribution is -1.85. The number of halogens is 1. The number of fused-ring (bicyclic) bond motifs is 1. The monoisotopic (exact) mass is 219 g/mol. The number of rotatable bonds is 0. The van der Waals surface area contributed by atoms with Crippen molar-refractivity contribution in [1.29, 1.82) is 0 Å². The summed E-state index contributed by atoms with van der Waals surface area (Å²) >= 11 is 2.19. The Morgan fingerprint density at radius 2 is 1.40 bits per heavy atom. The van der Waals surface area contributed by atoms with Gasteiger partial charge in [0, 0.05) is 24.3 Å². The molecular formula is C6H4BrO2S-. The van der Waals surface area contributed by atoms with E-state index in [1.807, 2.05) is 0 Å². The summed E-state index contributed by atoms with van der Waals surface area (Å²) in [6, 6.07) is 8.48. The second kappa shape index (κ2) is 3.27. The third kappa shape index (κ3) is 1.90. The molecule has 0 heterocycles. The van der Waals surface area contributed by atoms with Crippen molar-refractivity contribution in [3.05, 3.63) is 24.3 Å². The third-order valence-electron chi connectivity index (χ3n) is 1.22. The van der Waals surface area contributed by atoms with Gasteiger partial charge in [0.15, 0.2) is 0 Å². The molecule has 0 N–H and O–H groups in total. The van der Waals surface area contributed by atoms with Crippen molar-refractivity contribution < 1.29 is 8.76 Å². The van der Waals surface area contributed by atoms with Crippen molar-refractivity contribution in [2.45, 2.75) is 0 Å². The van der Waals surface area contributed by atoms with Gasteiger partial charge in [0.05, 0.1) is 0 Å². The molecule has 2 aliphatic rings. The fraction of sp³-hybridized carbons (Fsp3) is 0. The first-order chi connectivity index (χ1) is 4.70. The summed E-state index contributed by atoms with van der Waals surface area (Å²) in [6.07, 6.45) is 0. The summed E-state index contributed by atoms with van der Waals surface area (Å²) in [5, 5.41) is 0. The van der Waals surface area contributed by atoms with E-state index >= 15 is 0 Å². The maximum atomic E-state index is 8.92. The third-order valence-corrected chi connectivity index (χ3v) is 1.22. The Morgan fingerprint density at radius 1 is 1.20 bits per heavy atom. The molecule has 2 rings (SSSR count). The lowest BCUT2D eigenvalue weighted by atomic mass is 9.95. The SMILES string of the molecule is O=S([O-])Br.c1cc2ccc1-2. The fourth-order valence-corrected chi connectivity index (χ4v) is 0.663. The topological polar surface area (TPSA) is 40.1 Å². The first kappa shape index (κ1) is 7.91. The lowest BCUT2D eigenvalue weighted by Gasteiger charge is -2.10. The molecule has 0 aromatic carbocycles. The molecule has 0 aliphatic heterocycles. The average Bonchev–Trinajstić information content (AvgIpc) is 1.77. The highest BCUT2D eigenvalue weighted by Gasteiger charge is 2.03. The van der Waals surface area contributed by atoms with E-state index in [1.165, 1.54) is 11.1 Å². The van der Waals surface area contributed by atoms with Gasteiger partial charge in [0.1, 0.15) is 0 Å². The maximum absolute atomic E-state index is 8.92. The van der Waals surface area contributed by atoms with E-state index in [4.69, 9.17) is 8.76 Å². The minimum Gasteiger partial charge on any atom is -0.763 e. The normalized spacial score (nSPS) is 13.0. The Hall–Kier alpha value is -0.190. The van der Waals surface area contributed by atoms with Gasteiger partial charge < -0.3 is 4.55 Å². The molecule has 54 valence electrons. The van der Waals surface area contributed by atoms with Gasteiger partial charge in [-0.25, -0.2) is 0 Å². The van der Waals surface area contributed by atoms with Gasteiger partial charge in [-0.1, -0.05) is 24.3 Å². The Balaban J connectivity index is 0.000000112. The zero-order chi connectivity index (χ0) is 7.56. The van der Waals surface area contributed by atoms with Crippen LogP contribution in [0.3, 0.4) is 0 Å². The van der Waals surface area contributed by atoms with Gasteiger partial charge in [-0.05, 0) is 11.1 Å². The quantitative estimate of drug-likeness (QED) is 0.502. The van der Waals surface area contributed by atoms with E-state index in [-0.39, 0.29) is 0 Å². The first-order valence-electron chi connectivity index (χ1n) is 2.56. The highest BCUT2D eigenvalue weighted by Crippen LogP contribution is 2.29. The van der Waals surface area contributed by atoms with Crippen LogP contribution in [0.1, 0.15) is 0 Å². The molecule has 4 heteroatoms. The van der Waals surface area contributed by atoms with Gasteiger partial charge in [0.2, 0.25) is 0 Å². The predicted octanol–water partition coefficient (Wildman–Crippen LogP) is 1.84. The van der Waals surface area contributed by atoms with E-state index in [1.54, 1.807) is 0 Å². The number of hydrogen-bond acceptors (Lipinski definition) is 2. The molecule has 2 nitrogen and oxygen atoms in total. The summed E-state index contributed by atoms with van der Waals surface area (Å²) in [6.45, 7) is 0. The van der Waals surface area contributed by atoms with Crippen LogP contribution in [-0.4, -0.2) is 8.76 Å². The highest BCUT2D eigenvalue weighted by molar-refractivity contribution is 9.45. The molecule has 1 atom stereocenters. The van der Waals surface area contributed by atoms with Gasteiger partial charge in [-0.3, -0.25) is 4.21 Å². The van der Waals surface area contributed by atoms with Crippen LogP contribution in [0.5, 0.6) is 0 Å². The minimum absolute atomic E-state index is 1.43. The molecule has 0 aromatic rings. The second-order valence-electron chi connectivity index (χ2n) is 1.77. The Kier molecular flexibility index (Phi) is 2.59. The molecule has 1 unspecified atom stereocenters. The highest BCUT2D eigenvalue weighted by atomic mass is 79.9. The molecule has 0 bridgehead atoms. The standard InChI is InChI=1S/C6H4.BrHO2S/c1-2-6-4-3-5(1)6;1-4(2)3/h1-4H;(H,2,3)/p-1. The number of hydrogen-bond donors (Lipinski definition) is 0. The molecule has 2 aliphatic carbocycles. The zero-order valence-electron chi connectivity index (χ0n) is 4.91. The van der Waals surface area contributed by atoms with Crippen LogP contribution in [0.25, 0.3) is 11.1 Å². The van der Waals surface area contributed by atoms with E-state index in [0.717, 1.165) is 0 Å². The molecular weight excluding hydrogens is 216 g/mol. The molecule has 0 saturated carbocycles. The van der Waals surface area contributed by atoms with Crippen LogP contribution >= 0.6 is 14.8 Å². The van der Waals surface area contributed by atoms with Crippen LogP contribution in [0.2, 0.25) is 0 Å². The summed E-state index contributed by atoms with van der Waals surface area (Å²) in [4.78, 5) is 0. The fourth-order valence-electron chi connectivity index (χ4n) is 0.663. The van der Waals surface area contributed by atoms with Crippen molar-refractivity contribution in [3.63, 3.8) is 0 Å². The molecule has 0 fully saturated rings. The Labute approximate surface area is 68.8 Å². The van der Waals surface area contributed by atoms with Crippen LogP contribution in [-0.2, 0) is 9.51 Å². The lowest BCUT2D eigenvalue weighted by molar-refractivity contribution is 0.554. The number of benzene rings is 1. The Bertz CT molecular complexity index is 219. The summed E-state index contributed by atoms with van der Waals surface area (Å²) in [7, 11) is -2.05. The van der Waals surface area contributed by atoms with Crippen LogP contribution < -0.4 is 0 Å². The molecule has 0 amide bonds. The van der Waals surface area contributed by atoms with Gasteiger partial charge >= 0.3 is 0 Å². The maximum Gasteiger partial charge on any atom is 0.0168 e. The predicted molar refractivity (Wildman–Crippen MR) is 43.3 cm³/mol. The average molecular weight is 220 g/mol. The molecule has 0 spiro atoms. The molecule has 0 saturated heterocycles. The summed E-state index contributed by atoms with van der Waals surface area (Å²) in [5.74, 6) is 0. The van der Waals surface area contributed by atoms with Gasteiger partial charge in [-0.15, -0.1) is 0 Å². The smallest absolute Gasteiger partial charge is 0.0168 e. The van der Waals surface area contributed by atoms with Gasteiger partial charge in [0.25, 0.3) is 0 Å². The van der Waals surface area contributed by atoms with Gasteiger partial charge in [-0.2, -0.15) is 0 Å². The van der Waals surface area contributed by atoms with E-state index < -0.39 is 9.51 Å². The van der Waals surface area contributed by atoms with E-state index in [9.17, 15) is 0 Å². The Morgan fingerprint density at radius 3 is 1.40 bits per heavy atom. The van der Waals surface area contributed by atoms with E-state index in [2.05, 4.69) is 39.1 Å². The van der Waals surface area contributed by atoms with E-state index in [0.29, 0.717) is 0 Å². The zero-order valence-corrected chi connectivity index (χ0v) is 7.31. The van der Waals surface area contributed by atoms with Crippen molar-refractivity contribution in [2.75, 3.05) is 0 Å². The van der Waals surface area contributed by atoms with Crippen molar-refractivity contribution in [1.82, 2.24) is 0 Å². The minimum atomic E-state index is -2.05. The van der Waals surface area contributed by atoms with Crippen molar-refractivity contribution in [3.8, 4) is 11.1 Å². The van der Waals surface area contributed by atoms with Crippen molar-refractivity contribution in [2.24, 2.45) is 0 Å². The molecule has 10 heavy (non-hydrogen) atoms. The van der Waals surface area contributed by atoms with Crippen LogP contribution in [0.15, 0.2) is 24.3 Å². The van der Waals surface area contributed by atoms with Crippen molar-refractivity contribution >= 4 is 24.3 Å². The molecule has 0 radical (unpaired) electrons. The van der Waals surface area contributed by atoms with Crippen LogP contribution in [0, 0.1) is 0 Å². The second-order valence-corrected chi connectivity index (χ2v) is 3.75. The van der Waals surface area contributed by atoms with Crippen LogP contribution in [0.4, 0.5) is 0 Å². The summed E-state index contributed by atoms with van der Waals surface area (Å²) < 4.78 is 17.8. The summed E-state index contributed by atoms with van der Waals surface area (Å²) in [5.41, 5.74) is 2.85. The molecule has 0 aromatic heterocycles.